The maximum Gasteiger partial charge on any atom is 0.326 e. The van der Waals surface area contributed by atoms with Crippen LogP contribution in [0.25, 0.3) is 0 Å². The fourth-order valence-electron chi connectivity index (χ4n) is 1.37. The van der Waals surface area contributed by atoms with E-state index in [1.807, 2.05) is 0 Å². The molecule has 17 heavy (non-hydrogen) atoms. The number of amides is 1. The van der Waals surface area contributed by atoms with Gasteiger partial charge in [0.25, 0.3) is 5.91 Å². The minimum absolute atomic E-state index is 0.0398. The third kappa shape index (κ3) is 3.25. The second kappa shape index (κ2) is 4.31. The molecule has 0 aromatic heterocycles. The first-order valence-electron chi connectivity index (χ1n) is 5.78. The van der Waals surface area contributed by atoms with E-state index in [1.165, 1.54) is 0 Å². The molecule has 0 radical (unpaired) electrons. The molecule has 0 bridgehead atoms. The predicted octanol–water partition coefficient (Wildman–Crippen LogP) is 2.53. The molecule has 3 nitrogen and oxygen atoms in total. The highest BCUT2D eigenvalue weighted by molar-refractivity contribution is 6.74. The second-order valence-corrected chi connectivity index (χ2v) is 11.0. The lowest BCUT2D eigenvalue weighted by atomic mass is 10.2. The molecule has 1 N–H and O–H groups in total. The van der Waals surface area contributed by atoms with Gasteiger partial charge in [-0.3, -0.25) is 4.79 Å². The van der Waals surface area contributed by atoms with Gasteiger partial charge >= 0.3 is 5.92 Å². The molecule has 0 spiro atoms. The molecule has 0 aromatic carbocycles. The number of rotatable bonds is 3. The lowest BCUT2D eigenvalue weighted by Crippen LogP contribution is -2.44. The van der Waals surface area contributed by atoms with Gasteiger partial charge in [0.1, 0.15) is 0 Å². The molecule has 6 heteroatoms. The zero-order valence-electron chi connectivity index (χ0n) is 11.1. The molecule has 0 aromatic rings. The van der Waals surface area contributed by atoms with Crippen LogP contribution in [0.4, 0.5) is 8.78 Å². The summed E-state index contributed by atoms with van der Waals surface area (Å²) < 4.78 is 31.8. The van der Waals surface area contributed by atoms with Gasteiger partial charge in [-0.2, -0.15) is 8.78 Å². The average Bonchev–Trinajstić information content (AvgIpc) is 2.36. The van der Waals surface area contributed by atoms with Crippen molar-refractivity contribution in [1.82, 2.24) is 5.32 Å². The fraction of sp³-hybridized carbons (Fsp3) is 0.909. The first-order valence-corrected chi connectivity index (χ1v) is 8.69. The van der Waals surface area contributed by atoms with E-state index < -0.39 is 32.6 Å². The van der Waals surface area contributed by atoms with Crippen molar-refractivity contribution in [3.8, 4) is 0 Å². The zero-order chi connectivity index (χ0) is 13.5. The van der Waals surface area contributed by atoms with E-state index in [0.29, 0.717) is 0 Å². The van der Waals surface area contributed by atoms with Crippen molar-refractivity contribution in [2.45, 2.75) is 57.3 Å². The maximum absolute atomic E-state index is 13.0. The molecule has 1 heterocycles. The molecular formula is C11H21F2NO2Si. The molecule has 100 valence electrons. The summed E-state index contributed by atoms with van der Waals surface area (Å²) in [7, 11) is -1.94. The van der Waals surface area contributed by atoms with Crippen LogP contribution in [0.15, 0.2) is 0 Å². The van der Waals surface area contributed by atoms with Gasteiger partial charge in [-0.05, 0) is 18.1 Å². The van der Waals surface area contributed by atoms with Crippen LogP contribution in [0.1, 0.15) is 27.2 Å². The van der Waals surface area contributed by atoms with Crippen LogP contribution in [0.2, 0.25) is 18.1 Å². The van der Waals surface area contributed by atoms with Gasteiger partial charge in [-0.25, -0.2) is 0 Å². The lowest BCUT2D eigenvalue weighted by Gasteiger charge is -2.36. The topological polar surface area (TPSA) is 38.3 Å². The quantitative estimate of drug-likeness (QED) is 0.796. The number of carbonyl (C=O) groups excluding carboxylic acids is 1. The molecule has 0 unspecified atom stereocenters. The second-order valence-electron chi connectivity index (χ2n) is 6.15. The monoisotopic (exact) mass is 265 g/mol. The Morgan fingerprint density at radius 3 is 2.35 bits per heavy atom. The van der Waals surface area contributed by atoms with Crippen LogP contribution in [0.5, 0.6) is 0 Å². The fourth-order valence-corrected chi connectivity index (χ4v) is 2.42. The minimum atomic E-state index is -3.23. The number of carbonyl (C=O) groups is 1. The van der Waals surface area contributed by atoms with E-state index in [0.717, 1.165) is 0 Å². The Morgan fingerprint density at radius 2 is 2.00 bits per heavy atom. The molecule has 0 saturated carbocycles. The Bertz CT molecular complexity index is 313. The highest BCUT2D eigenvalue weighted by atomic mass is 28.4. The van der Waals surface area contributed by atoms with Crippen molar-refractivity contribution < 1.29 is 18.0 Å². The molecule has 1 fully saturated rings. The first-order chi connectivity index (χ1) is 7.46. The molecule has 1 atom stereocenters. The largest absolute Gasteiger partial charge is 0.415 e. The molecule has 1 saturated heterocycles. The number of hydrogen-bond donors (Lipinski definition) is 1. The van der Waals surface area contributed by atoms with Crippen LogP contribution < -0.4 is 5.32 Å². The molecule has 1 amide bonds. The van der Waals surface area contributed by atoms with Crippen LogP contribution in [-0.4, -0.2) is 32.8 Å². The van der Waals surface area contributed by atoms with Gasteiger partial charge in [-0.1, -0.05) is 20.8 Å². The number of hydrogen-bond acceptors (Lipinski definition) is 2. The highest BCUT2D eigenvalue weighted by Crippen LogP contribution is 2.37. The van der Waals surface area contributed by atoms with Crippen molar-refractivity contribution in [3.05, 3.63) is 0 Å². The van der Waals surface area contributed by atoms with Crippen molar-refractivity contribution in [2.24, 2.45) is 0 Å². The van der Waals surface area contributed by atoms with Crippen LogP contribution in [0.3, 0.4) is 0 Å². The van der Waals surface area contributed by atoms with Gasteiger partial charge in [-0.15, -0.1) is 0 Å². The summed E-state index contributed by atoms with van der Waals surface area (Å²) in [6.07, 6.45) is -0.458. The van der Waals surface area contributed by atoms with E-state index in [9.17, 15) is 13.6 Å². The van der Waals surface area contributed by atoms with Crippen LogP contribution >= 0.6 is 0 Å². The third-order valence-electron chi connectivity index (χ3n) is 3.62. The summed E-state index contributed by atoms with van der Waals surface area (Å²) in [5.74, 6) is -4.41. The standard InChI is InChI=1S/C11H21F2NO2Si/c1-10(2,3)17(4,5)16-7-8-6-11(12,13)9(15)14-8/h8H,6-7H2,1-5H3,(H,14,15)/t8-/m1/s1. The summed E-state index contributed by atoms with van der Waals surface area (Å²) in [4.78, 5) is 10.9. The van der Waals surface area contributed by atoms with Crippen molar-refractivity contribution in [1.29, 1.82) is 0 Å². The molecule has 1 aliphatic heterocycles. The Morgan fingerprint density at radius 1 is 1.47 bits per heavy atom. The molecule has 1 aliphatic rings. The Balaban J connectivity index is 2.52. The predicted molar refractivity (Wildman–Crippen MR) is 64.6 cm³/mol. The van der Waals surface area contributed by atoms with E-state index in [1.54, 1.807) is 0 Å². The van der Waals surface area contributed by atoms with E-state index in [-0.39, 0.29) is 11.6 Å². The van der Waals surface area contributed by atoms with Crippen LogP contribution in [-0.2, 0) is 9.22 Å². The Hall–Kier alpha value is -0.493. The van der Waals surface area contributed by atoms with Gasteiger partial charge in [0.15, 0.2) is 8.32 Å². The lowest BCUT2D eigenvalue weighted by molar-refractivity contribution is -0.139. The summed E-state index contributed by atoms with van der Waals surface area (Å²) in [5, 5.41) is 2.32. The highest BCUT2D eigenvalue weighted by Gasteiger charge is 2.49. The SMILES string of the molecule is CC(C)(C)[Si](C)(C)OC[C@H]1CC(F)(F)C(=O)N1. The zero-order valence-corrected chi connectivity index (χ0v) is 12.1. The summed E-state index contributed by atoms with van der Waals surface area (Å²) in [6, 6.07) is -0.563. The summed E-state index contributed by atoms with van der Waals surface area (Å²) in [6.45, 7) is 10.5. The summed E-state index contributed by atoms with van der Waals surface area (Å²) in [5.41, 5.74) is 0. The van der Waals surface area contributed by atoms with Crippen molar-refractivity contribution >= 4 is 14.2 Å². The smallest absolute Gasteiger partial charge is 0.326 e. The number of nitrogens with one attached hydrogen (secondary N) is 1. The van der Waals surface area contributed by atoms with Gasteiger partial charge in [0, 0.05) is 6.42 Å². The molecule has 1 rings (SSSR count). The van der Waals surface area contributed by atoms with E-state index in [4.69, 9.17) is 4.43 Å². The average molecular weight is 265 g/mol. The normalized spacial score (nSPS) is 24.9. The Labute approximate surface area is 102 Å². The number of halogens is 2. The Kier molecular flexibility index (Phi) is 3.70. The summed E-state index contributed by atoms with van der Waals surface area (Å²) >= 11 is 0. The number of alkyl halides is 2. The first kappa shape index (κ1) is 14.6. The van der Waals surface area contributed by atoms with E-state index in [2.05, 4.69) is 39.2 Å². The minimum Gasteiger partial charge on any atom is -0.415 e. The van der Waals surface area contributed by atoms with Gasteiger partial charge < -0.3 is 9.74 Å². The maximum atomic E-state index is 13.0. The van der Waals surface area contributed by atoms with Crippen molar-refractivity contribution in [2.75, 3.05) is 6.61 Å². The molecule has 0 aliphatic carbocycles. The van der Waals surface area contributed by atoms with Crippen molar-refractivity contribution in [3.63, 3.8) is 0 Å². The van der Waals surface area contributed by atoms with Crippen LogP contribution in [0, 0.1) is 0 Å². The molecular weight excluding hydrogens is 244 g/mol. The third-order valence-corrected chi connectivity index (χ3v) is 8.12. The van der Waals surface area contributed by atoms with Gasteiger partial charge in [0.05, 0.1) is 12.6 Å². The van der Waals surface area contributed by atoms with E-state index >= 15 is 0 Å². The van der Waals surface area contributed by atoms with Gasteiger partial charge in [0.2, 0.25) is 0 Å².